The van der Waals surface area contributed by atoms with Crippen LogP contribution in [0.3, 0.4) is 0 Å². The van der Waals surface area contributed by atoms with Crippen molar-refractivity contribution in [1.82, 2.24) is 10.2 Å². The van der Waals surface area contributed by atoms with Crippen molar-refractivity contribution in [2.24, 2.45) is 5.73 Å². The van der Waals surface area contributed by atoms with Crippen molar-refractivity contribution in [3.8, 4) is 0 Å². The number of benzene rings is 1. The number of nitrogens with zero attached hydrogens (tertiary/aromatic N) is 1. The molecule has 5 heteroatoms. The number of nitrogens with one attached hydrogen (secondary N) is 1. The van der Waals surface area contributed by atoms with E-state index in [2.05, 4.69) is 10.2 Å². The molecule has 1 aromatic carbocycles. The zero-order chi connectivity index (χ0) is 10.1. The van der Waals surface area contributed by atoms with Crippen LogP contribution in [0.1, 0.15) is 20.7 Å². The Bertz CT molecular complexity index is 516. The van der Waals surface area contributed by atoms with Crippen molar-refractivity contribution in [3.63, 3.8) is 0 Å². The molecule has 0 aliphatic rings. The molecule has 70 valence electrons. The Morgan fingerprint density at radius 3 is 2.93 bits per heavy atom. The number of hydrogen-bond acceptors (Lipinski definition) is 3. The van der Waals surface area contributed by atoms with Crippen molar-refractivity contribution >= 4 is 23.1 Å². The molecule has 1 heterocycles. The highest BCUT2D eigenvalue weighted by molar-refractivity contribution is 6.07. The number of fused-ring (bicyclic) bond motifs is 1. The number of rotatable bonds is 2. The van der Waals surface area contributed by atoms with Crippen molar-refractivity contribution < 1.29 is 9.59 Å². The fourth-order valence-electron chi connectivity index (χ4n) is 1.35. The summed E-state index contributed by atoms with van der Waals surface area (Å²) in [6, 6.07) is 3.06. The molecule has 1 amide bonds. The fraction of sp³-hybridized carbons (Fsp3) is 0. The van der Waals surface area contributed by atoms with E-state index in [1.54, 1.807) is 6.07 Å². The van der Waals surface area contributed by atoms with Gasteiger partial charge in [0.2, 0.25) is 5.91 Å². The molecule has 0 unspecified atom stereocenters. The molecule has 3 N–H and O–H groups in total. The van der Waals surface area contributed by atoms with E-state index >= 15 is 0 Å². The lowest BCUT2D eigenvalue weighted by atomic mass is 10.1. The molecule has 0 radical (unpaired) electrons. The van der Waals surface area contributed by atoms with E-state index in [0.29, 0.717) is 28.3 Å². The van der Waals surface area contributed by atoms with Crippen LogP contribution in [0.4, 0.5) is 0 Å². The Labute approximate surface area is 78.9 Å². The normalized spacial score (nSPS) is 10.3. The topological polar surface area (TPSA) is 88.8 Å². The van der Waals surface area contributed by atoms with Gasteiger partial charge in [0.1, 0.15) is 6.29 Å². The summed E-state index contributed by atoms with van der Waals surface area (Å²) in [6.45, 7) is 0. The predicted octanol–water partition coefficient (Wildman–Crippen LogP) is 0.474. The minimum Gasteiger partial charge on any atom is -0.366 e. The van der Waals surface area contributed by atoms with Gasteiger partial charge in [0, 0.05) is 10.9 Å². The van der Waals surface area contributed by atoms with E-state index in [4.69, 9.17) is 5.73 Å². The molecule has 0 aliphatic heterocycles. The van der Waals surface area contributed by atoms with Gasteiger partial charge in [0.05, 0.1) is 17.3 Å². The van der Waals surface area contributed by atoms with Crippen molar-refractivity contribution in [3.05, 3.63) is 29.5 Å². The van der Waals surface area contributed by atoms with Crippen LogP contribution in [0.25, 0.3) is 10.9 Å². The lowest BCUT2D eigenvalue weighted by Crippen LogP contribution is -2.11. The molecule has 14 heavy (non-hydrogen) atoms. The van der Waals surface area contributed by atoms with Gasteiger partial charge in [-0.15, -0.1) is 0 Å². The minimum absolute atomic E-state index is 0.304. The molecule has 0 fully saturated rings. The number of aromatic amines is 1. The van der Waals surface area contributed by atoms with Gasteiger partial charge in [-0.1, -0.05) is 0 Å². The second-order valence-electron chi connectivity index (χ2n) is 2.88. The lowest BCUT2D eigenvalue weighted by Gasteiger charge is -1.98. The summed E-state index contributed by atoms with van der Waals surface area (Å²) < 4.78 is 0. The standard InChI is InChI=1S/C9H7N3O2/c10-9(14)6-1-5(4-13)2-8-7(6)3-11-12-8/h1-4H,(H2,10,14)(H,11,12). The van der Waals surface area contributed by atoms with Crippen LogP contribution in [0, 0.1) is 0 Å². The number of H-pyrrole nitrogens is 1. The minimum atomic E-state index is -0.569. The van der Waals surface area contributed by atoms with E-state index in [0.717, 1.165) is 0 Å². The van der Waals surface area contributed by atoms with Gasteiger partial charge in [-0.25, -0.2) is 0 Å². The predicted molar refractivity (Wildman–Crippen MR) is 50.0 cm³/mol. The summed E-state index contributed by atoms with van der Waals surface area (Å²) in [5, 5.41) is 7.07. The summed E-state index contributed by atoms with van der Waals surface area (Å²) in [6.07, 6.45) is 2.16. The largest absolute Gasteiger partial charge is 0.366 e. The zero-order valence-electron chi connectivity index (χ0n) is 7.15. The lowest BCUT2D eigenvalue weighted by molar-refractivity contribution is 0.100. The quantitative estimate of drug-likeness (QED) is 0.673. The van der Waals surface area contributed by atoms with Crippen LogP contribution in [0.5, 0.6) is 0 Å². The number of primary amides is 1. The number of aldehydes is 1. The van der Waals surface area contributed by atoms with Gasteiger partial charge in [-0.3, -0.25) is 14.7 Å². The second-order valence-corrected chi connectivity index (χ2v) is 2.88. The van der Waals surface area contributed by atoms with Crippen LogP contribution in [0.15, 0.2) is 18.3 Å². The maximum Gasteiger partial charge on any atom is 0.249 e. The molecule has 2 aromatic rings. The van der Waals surface area contributed by atoms with Crippen LogP contribution >= 0.6 is 0 Å². The van der Waals surface area contributed by atoms with E-state index in [-0.39, 0.29) is 0 Å². The van der Waals surface area contributed by atoms with Gasteiger partial charge < -0.3 is 5.73 Å². The van der Waals surface area contributed by atoms with Gasteiger partial charge in [0.15, 0.2) is 0 Å². The first-order valence-corrected chi connectivity index (χ1v) is 3.94. The van der Waals surface area contributed by atoms with Gasteiger partial charge in [0.25, 0.3) is 0 Å². The Morgan fingerprint density at radius 1 is 1.50 bits per heavy atom. The SMILES string of the molecule is NC(=O)c1cc(C=O)cc2[nH]ncc12. The summed E-state index contributed by atoms with van der Waals surface area (Å²) in [4.78, 5) is 21.6. The molecule has 0 spiro atoms. The number of nitrogens with two attached hydrogens (primary N) is 1. The van der Waals surface area contributed by atoms with Gasteiger partial charge in [-0.05, 0) is 12.1 Å². The molecular weight excluding hydrogens is 182 g/mol. The molecule has 1 aromatic heterocycles. The number of amides is 1. The summed E-state index contributed by atoms with van der Waals surface area (Å²) >= 11 is 0. The highest BCUT2D eigenvalue weighted by Gasteiger charge is 2.09. The molecule has 0 bridgehead atoms. The van der Waals surface area contributed by atoms with E-state index in [1.807, 2.05) is 0 Å². The fourth-order valence-corrected chi connectivity index (χ4v) is 1.35. The highest BCUT2D eigenvalue weighted by atomic mass is 16.1. The van der Waals surface area contributed by atoms with Gasteiger partial charge in [-0.2, -0.15) is 5.10 Å². The first-order chi connectivity index (χ1) is 6.72. The Balaban J connectivity index is 2.83. The second kappa shape index (κ2) is 2.95. The maximum atomic E-state index is 11.0. The summed E-state index contributed by atoms with van der Waals surface area (Å²) in [5.74, 6) is -0.569. The van der Waals surface area contributed by atoms with Crippen molar-refractivity contribution in [2.45, 2.75) is 0 Å². The highest BCUT2D eigenvalue weighted by Crippen LogP contribution is 2.17. The first kappa shape index (κ1) is 8.43. The van der Waals surface area contributed by atoms with Crippen molar-refractivity contribution in [1.29, 1.82) is 0 Å². The average Bonchev–Trinajstić information content (AvgIpc) is 2.63. The van der Waals surface area contributed by atoms with E-state index in [1.165, 1.54) is 12.3 Å². The molecule has 0 saturated heterocycles. The number of carbonyl (C=O) groups excluding carboxylic acids is 2. The third-order valence-corrected chi connectivity index (χ3v) is 1.98. The van der Waals surface area contributed by atoms with E-state index in [9.17, 15) is 9.59 Å². The molecule has 5 nitrogen and oxygen atoms in total. The summed E-state index contributed by atoms with van der Waals surface area (Å²) in [7, 11) is 0. The molecule has 0 atom stereocenters. The Morgan fingerprint density at radius 2 is 2.29 bits per heavy atom. The first-order valence-electron chi connectivity index (χ1n) is 3.94. The zero-order valence-corrected chi connectivity index (χ0v) is 7.15. The maximum absolute atomic E-state index is 11.0. The molecule has 0 saturated carbocycles. The van der Waals surface area contributed by atoms with Crippen molar-refractivity contribution in [2.75, 3.05) is 0 Å². The summed E-state index contributed by atoms with van der Waals surface area (Å²) in [5.41, 5.74) is 6.50. The molecular formula is C9H7N3O2. The van der Waals surface area contributed by atoms with Crippen LogP contribution < -0.4 is 5.73 Å². The van der Waals surface area contributed by atoms with Crippen LogP contribution in [-0.2, 0) is 0 Å². The number of carbonyl (C=O) groups is 2. The van der Waals surface area contributed by atoms with E-state index < -0.39 is 5.91 Å². The Kier molecular flexibility index (Phi) is 1.78. The van der Waals surface area contributed by atoms with Crippen LogP contribution in [0.2, 0.25) is 0 Å². The van der Waals surface area contributed by atoms with Gasteiger partial charge >= 0.3 is 0 Å². The molecule has 2 rings (SSSR count). The van der Waals surface area contributed by atoms with Crippen LogP contribution in [-0.4, -0.2) is 22.4 Å². The third-order valence-electron chi connectivity index (χ3n) is 1.98. The monoisotopic (exact) mass is 189 g/mol. The third kappa shape index (κ3) is 1.15. The number of hydrogen-bond donors (Lipinski definition) is 2. The average molecular weight is 189 g/mol. The Hall–Kier alpha value is -2.17. The molecule has 0 aliphatic carbocycles. The smallest absolute Gasteiger partial charge is 0.249 e. The number of aromatic nitrogens is 2.